The lowest BCUT2D eigenvalue weighted by molar-refractivity contribution is -0.116. The Morgan fingerprint density at radius 2 is 2.04 bits per heavy atom. The molecule has 0 radical (unpaired) electrons. The first-order chi connectivity index (χ1) is 11.8. The number of aryl methyl sites for hydroxylation is 1. The Balaban J connectivity index is 1.82. The van der Waals surface area contributed by atoms with Crippen molar-refractivity contribution < 1.29 is 13.2 Å². The fourth-order valence-electron chi connectivity index (χ4n) is 2.68. The van der Waals surface area contributed by atoms with E-state index < -0.39 is 10.0 Å². The van der Waals surface area contributed by atoms with Gasteiger partial charge in [-0.2, -0.15) is 0 Å². The van der Waals surface area contributed by atoms with E-state index >= 15 is 0 Å². The molecule has 0 aromatic heterocycles. The van der Waals surface area contributed by atoms with Crippen molar-refractivity contribution in [2.75, 3.05) is 5.32 Å². The number of thioether (sulfide) groups is 1. The maximum atomic E-state index is 12.6. The van der Waals surface area contributed by atoms with E-state index in [4.69, 9.17) is 0 Å². The maximum Gasteiger partial charge on any atom is 0.240 e. The van der Waals surface area contributed by atoms with Gasteiger partial charge in [-0.15, -0.1) is 11.8 Å². The normalized spacial score (nSPS) is 17.5. The van der Waals surface area contributed by atoms with Crippen LogP contribution in [0.4, 0.5) is 5.69 Å². The minimum Gasteiger partial charge on any atom is -0.325 e. The zero-order chi connectivity index (χ0) is 18.0. The molecule has 3 rings (SSSR count). The molecular weight excluding hydrogens is 356 g/mol. The van der Waals surface area contributed by atoms with Crippen LogP contribution >= 0.6 is 11.8 Å². The number of hydrogen-bond donors (Lipinski definition) is 2. The summed E-state index contributed by atoms with van der Waals surface area (Å²) in [6, 6.07) is 12.5. The number of carbonyl (C=O) groups excluding carboxylic acids is 1. The van der Waals surface area contributed by atoms with Crippen molar-refractivity contribution in [3.05, 3.63) is 53.6 Å². The lowest BCUT2D eigenvalue weighted by Gasteiger charge is -2.11. The SMILES string of the molecule is Cc1cccc(CNS(=O)(=O)c2ccc3c(c2)NC(=O)C[C@@H](C)S3)c1. The molecule has 0 bridgehead atoms. The highest BCUT2D eigenvalue weighted by molar-refractivity contribution is 8.00. The number of fused-ring (bicyclic) bond motifs is 1. The van der Waals surface area contributed by atoms with Crippen LogP contribution in [-0.4, -0.2) is 19.6 Å². The summed E-state index contributed by atoms with van der Waals surface area (Å²) in [7, 11) is -3.66. The number of benzene rings is 2. The van der Waals surface area contributed by atoms with Crippen molar-refractivity contribution in [2.45, 2.75) is 41.9 Å². The molecule has 1 aliphatic rings. The van der Waals surface area contributed by atoms with Crippen molar-refractivity contribution in [2.24, 2.45) is 0 Å². The molecule has 5 nitrogen and oxygen atoms in total. The molecule has 132 valence electrons. The zero-order valence-electron chi connectivity index (χ0n) is 14.1. The fraction of sp³-hybridized carbons (Fsp3) is 0.278. The average Bonchev–Trinajstić information content (AvgIpc) is 2.68. The van der Waals surface area contributed by atoms with Crippen LogP contribution in [0.2, 0.25) is 0 Å². The minimum atomic E-state index is -3.66. The van der Waals surface area contributed by atoms with Crippen molar-refractivity contribution >= 4 is 33.4 Å². The molecule has 25 heavy (non-hydrogen) atoms. The molecule has 0 saturated heterocycles. The Hall–Kier alpha value is -1.83. The van der Waals surface area contributed by atoms with E-state index in [1.54, 1.807) is 23.9 Å². The van der Waals surface area contributed by atoms with Gasteiger partial charge in [-0.05, 0) is 30.7 Å². The predicted molar refractivity (Wildman–Crippen MR) is 100 cm³/mol. The number of carbonyl (C=O) groups is 1. The smallest absolute Gasteiger partial charge is 0.240 e. The molecule has 0 spiro atoms. The highest BCUT2D eigenvalue weighted by atomic mass is 32.2. The predicted octanol–water partition coefficient (Wildman–Crippen LogP) is 3.30. The molecule has 7 heteroatoms. The van der Waals surface area contributed by atoms with Crippen LogP contribution in [0.1, 0.15) is 24.5 Å². The lowest BCUT2D eigenvalue weighted by atomic mass is 10.1. The molecule has 2 N–H and O–H groups in total. The molecular formula is C18H20N2O3S2. The second-order valence-corrected chi connectivity index (χ2v) is 9.40. The third-order valence-corrected chi connectivity index (χ3v) is 6.46. The molecule has 1 heterocycles. The van der Waals surface area contributed by atoms with E-state index in [0.717, 1.165) is 16.0 Å². The highest BCUT2D eigenvalue weighted by Gasteiger charge is 2.22. The number of sulfonamides is 1. The lowest BCUT2D eigenvalue weighted by Crippen LogP contribution is -2.23. The van der Waals surface area contributed by atoms with Crippen LogP contribution in [0.25, 0.3) is 0 Å². The number of amides is 1. The fourth-order valence-corrected chi connectivity index (χ4v) is 4.78. The number of rotatable bonds is 4. The van der Waals surface area contributed by atoms with Crippen LogP contribution in [0.3, 0.4) is 0 Å². The summed E-state index contributed by atoms with van der Waals surface area (Å²) in [5, 5.41) is 2.95. The van der Waals surface area contributed by atoms with Gasteiger partial charge in [0, 0.05) is 23.1 Å². The Bertz CT molecular complexity index is 910. The van der Waals surface area contributed by atoms with Gasteiger partial charge in [0.05, 0.1) is 10.6 Å². The van der Waals surface area contributed by atoms with Crippen LogP contribution in [-0.2, 0) is 21.4 Å². The molecule has 1 atom stereocenters. The summed E-state index contributed by atoms with van der Waals surface area (Å²) in [5.74, 6) is -0.0963. The molecule has 1 aliphatic heterocycles. The van der Waals surface area contributed by atoms with E-state index in [0.29, 0.717) is 12.1 Å². The van der Waals surface area contributed by atoms with E-state index in [1.165, 1.54) is 6.07 Å². The number of hydrogen-bond acceptors (Lipinski definition) is 4. The molecule has 1 amide bonds. The van der Waals surface area contributed by atoms with Crippen LogP contribution in [0.5, 0.6) is 0 Å². The van der Waals surface area contributed by atoms with Crippen molar-refractivity contribution in [1.82, 2.24) is 4.72 Å². The Kier molecular flexibility index (Phi) is 5.17. The summed E-state index contributed by atoms with van der Waals surface area (Å²) in [4.78, 5) is 12.9. The number of anilines is 1. The molecule has 0 saturated carbocycles. The molecule has 2 aromatic rings. The Morgan fingerprint density at radius 1 is 1.24 bits per heavy atom. The second kappa shape index (κ2) is 7.19. The minimum absolute atomic E-state index is 0.0963. The third-order valence-electron chi connectivity index (χ3n) is 3.89. The van der Waals surface area contributed by atoms with Gasteiger partial charge in [-0.3, -0.25) is 4.79 Å². The van der Waals surface area contributed by atoms with Gasteiger partial charge in [-0.25, -0.2) is 13.1 Å². The van der Waals surface area contributed by atoms with Crippen LogP contribution < -0.4 is 10.0 Å². The van der Waals surface area contributed by atoms with Crippen LogP contribution in [0, 0.1) is 6.92 Å². The van der Waals surface area contributed by atoms with E-state index in [2.05, 4.69) is 10.0 Å². The van der Waals surface area contributed by atoms with Gasteiger partial charge in [0.2, 0.25) is 15.9 Å². The average molecular weight is 377 g/mol. The first-order valence-corrected chi connectivity index (χ1v) is 10.4. The summed E-state index contributed by atoms with van der Waals surface area (Å²) in [5.41, 5.74) is 2.53. The third kappa shape index (κ3) is 4.42. The molecule has 0 fully saturated rings. The van der Waals surface area contributed by atoms with E-state index in [1.807, 2.05) is 38.1 Å². The highest BCUT2D eigenvalue weighted by Crippen LogP contribution is 2.36. The van der Waals surface area contributed by atoms with Gasteiger partial charge >= 0.3 is 0 Å². The summed E-state index contributed by atoms with van der Waals surface area (Å²) < 4.78 is 27.8. The topological polar surface area (TPSA) is 75.3 Å². The van der Waals surface area contributed by atoms with Crippen molar-refractivity contribution in [1.29, 1.82) is 0 Å². The quantitative estimate of drug-likeness (QED) is 0.859. The number of nitrogens with one attached hydrogen (secondary N) is 2. The Labute approximate surface area is 152 Å². The first kappa shape index (κ1) is 18.0. The summed E-state index contributed by atoms with van der Waals surface area (Å²) in [6.45, 7) is 4.17. The first-order valence-electron chi connectivity index (χ1n) is 7.99. The van der Waals surface area contributed by atoms with Gasteiger partial charge in [-0.1, -0.05) is 36.8 Å². The second-order valence-electron chi connectivity index (χ2n) is 6.15. The van der Waals surface area contributed by atoms with Crippen LogP contribution in [0.15, 0.2) is 52.3 Å². The summed E-state index contributed by atoms with van der Waals surface area (Å²) >= 11 is 1.57. The van der Waals surface area contributed by atoms with Gasteiger partial charge < -0.3 is 5.32 Å². The van der Waals surface area contributed by atoms with Gasteiger partial charge in [0.25, 0.3) is 0 Å². The zero-order valence-corrected chi connectivity index (χ0v) is 15.7. The largest absolute Gasteiger partial charge is 0.325 e. The Morgan fingerprint density at radius 3 is 2.80 bits per heavy atom. The van der Waals surface area contributed by atoms with Crippen molar-refractivity contribution in [3.63, 3.8) is 0 Å². The van der Waals surface area contributed by atoms with E-state index in [9.17, 15) is 13.2 Å². The van der Waals surface area contributed by atoms with Gasteiger partial charge in [0.1, 0.15) is 0 Å². The van der Waals surface area contributed by atoms with Crippen molar-refractivity contribution in [3.8, 4) is 0 Å². The molecule has 0 aliphatic carbocycles. The molecule has 0 unspecified atom stereocenters. The van der Waals surface area contributed by atoms with Gasteiger partial charge in [0.15, 0.2) is 0 Å². The monoisotopic (exact) mass is 376 g/mol. The standard InChI is InChI=1S/C18H20N2O3S2/c1-12-4-3-5-14(8-12)11-19-25(22,23)15-6-7-17-16(10-15)20-18(21)9-13(2)24-17/h3-8,10,13,19H,9,11H2,1-2H3,(H,20,21)/t13-/m1/s1. The molecule has 2 aromatic carbocycles. The van der Waals surface area contributed by atoms with E-state index in [-0.39, 0.29) is 22.6 Å². The maximum absolute atomic E-state index is 12.6. The summed E-state index contributed by atoms with van der Waals surface area (Å²) in [6.07, 6.45) is 0.410.